The number of fused-ring (bicyclic) bond motifs is 1. The molecule has 15 heavy (non-hydrogen) atoms. The van der Waals surface area contributed by atoms with Crippen LogP contribution in [0.1, 0.15) is 0 Å². The van der Waals surface area contributed by atoms with Gasteiger partial charge in [-0.05, 0) is 0 Å². The number of allylic oxidation sites excluding steroid dienone is 2. The molecule has 1 unspecified atom stereocenters. The van der Waals surface area contributed by atoms with Gasteiger partial charge in [0.25, 0.3) is 5.91 Å². The van der Waals surface area contributed by atoms with Crippen molar-refractivity contribution in [1.29, 1.82) is 0 Å². The van der Waals surface area contributed by atoms with Crippen molar-refractivity contribution in [3.63, 3.8) is 0 Å². The number of carbonyl (C=O) groups excluding carboxylic acids is 1. The van der Waals surface area contributed by atoms with Crippen molar-refractivity contribution in [2.75, 3.05) is 0 Å². The van der Waals surface area contributed by atoms with Gasteiger partial charge in [0.2, 0.25) is 5.83 Å². The summed E-state index contributed by atoms with van der Waals surface area (Å²) in [6, 6.07) is 0. The van der Waals surface area contributed by atoms with Crippen LogP contribution in [0.4, 0.5) is 4.39 Å². The average Bonchev–Trinajstić information content (AvgIpc) is 2.16. The highest BCUT2D eigenvalue weighted by Gasteiger charge is 2.33. The second kappa shape index (κ2) is 3.19. The molecular weight excluding hydrogens is 205 g/mol. The molecule has 1 atom stereocenters. The lowest BCUT2D eigenvalue weighted by atomic mass is 9.95. The van der Waals surface area contributed by atoms with E-state index in [0.717, 1.165) is 18.5 Å². The number of amides is 1. The van der Waals surface area contributed by atoms with Crippen molar-refractivity contribution in [3.05, 3.63) is 33.8 Å². The van der Waals surface area contributed by atoms with Crippen molar-refractivity contribution >= 4 is 18.0 Å². The fourth-order valence-electron chi connectivity index (χ4n) is 1.31. The highest BCUT2D eigenvalue weighted by Crippen LogP contribution is 2.24. The summed E-state index contributed by atoms with van der Waals surface area (Å²) >= 11 is 0. The molecule has 0 saturated heterocycles. The Morgan fingerprint density at radius 1 is 1.53 bits per heavy atom. The highest BCUT2D eigenvalue weighted by molar-refractivity contribution is 6.18. The Morgan fingerprint density at radius 2 is 2.27 bits per heavy atom. The van der Waals surface area contributed by atoms with Crippen LogP contribution in [0.25, 0.3) is 0 Å². The van der Waals surface area contributed by atoms with Crippen LogP contribution in [0, 0.1) is 16.0 Å². The Labute approximate surface area is 82.7 Å². The largest absolute Gasteiger partial charge is 0.302 e. The summed E-state index contributed by atoms with van der Waals surface area (Å²) < 4.78 is 13.1. The van der Waals surface area contributed by atoms with Crippen LogP contribution in [-0.2, 0) is 4.79 Å². The van der Waals surface area contributed by atoms with E-state index in [9.17, 15) is 19.3 Å². The molecule has 0 aromatic rings. The van der Waals surface area contributed by atoms with Crippen LogP contribution in [0.5, 0.6) is 0 Å². The van der Waals surface area contributed by atoms with Gasteiger partial charge in [0, 0.05) is 12.2 Å². The van der Waals surface area contributed by atoms with Gasteiger partial charge < -0.3 is 0 Å². The minimum absolute atomic E-state index is 0.137. The zero-order valence-electron chi connectivity index (χ0n) is 7.25. The third-order valence-corrected chi connectivity index (χ3v) is 2.02. The summed E-state index contributed by atoms with van der Waals surface area (Å²) in [5.41, 5.74) is -0.581. The lowest BCUT2D eigenvalue weighted by Gasteiger charge is -2.14. The molecule has 0 aromatic carbocycles. The summed E-state index contributed by atoms with van der Waals surface area (Å²) in [6.07, 6.45) is 2.81. The van der Waals surface area contributed by atoms with Crippen molar-refractivity contribution in [1.82, 2.24) is 0 Å². The average molecular weight is 209 g/mol. The van der Waals surface area contributed by atoms with Crippen LogP contribution in [-0.4, -0.2) is 22.9 Å². The summed E-state index contributed by atoms with van der Waals surface area (Å²) in [6.45, 7) is 0. The Hall–Kier alpha value is -2.18. The van der Waals surface area contributed by atoms with Crippen molar-refractivity contribution < 1.29 is 14.1 Å². The maximum atomic E-state index is 13.1. The lowest BCUT2D eigenvalue weighted by molar-refractivity contribution is -0.423. The van der Waals surface area contributed by atoms with E-state index in [0.29, 0.717) is 0 Å². The fourth-order valence-corrected chi connectivity index (χ4v) is 1.31. The maximum Gasteiger partial charge on any atom is 0.302 e. The predicted molar refractivity (Wildman–Crippen MR) is 48.7 cm³/mol. The number of hydrogen-bond acceptors (Lipinski definition) is 4. The minimum atomic E-state index is -1.00. The number of carbonyl (C=O) groups is 1. The molecule has 1 aliphatic carbocycles. The van der Waals surface area contributed by atoms with Crippen LogP contribution < -0.4 is 0 Å². The van der Waals surface area contributed by atoms with Gasteiger partial charge in [0.15, 0.2) is 0 Å². The van der Waals surface area contributed by atoms with Crippen LogP contribution >= 0.6 is 0 Å². The SMILES string of the molecule is O=C1N=CN=C2C=C(F)C([N+](=O)[O-])=CC12. The first-order chi connectivity index (χ1) is 7.09. The summed E-state index contributed by atoms with van der Waals surface area (Å²) in [5, 5.41) is 10.4. The second-order valence-electron chi connectivity index (χ2n) is 2.92. The van der Waals surface area contributed by atoms with E-state index in [1.165, 1.54) is 0 Å². The van der Waals surface area contributed by atoms with Crippen LogP contribution in [0.15, 0.2) is 33.7 Å². The van der Waals surface area contributed by atoms with E-state index < -0.39 is 28.3 Å². The van der Waals surface area contributed by atoms with Gasteiger partial charge in [-0.25, -0.2) is 9.98 Å². The topological polar surface area (TPSA) is 84.9 Å². The van der Waals surface area contributed by atoms with E-state index >= 15 is 0 Å². The third-order valence-electron chi connectivity index (χ3n) is 2.02. The van der Waals surface area contributed by atoms with Gasteiger partial charge in [-0.2, -0.15) is 4.39 Å². The molecule has 7 heteroatoms. The number of nitrogens with zero attached hydrogens (tertiary/aromatic N) is 3. The molecule has 2 aliphatic rings. The van der Waals surface area contributed by atoms with Gasteiger partial charge in [-0.1, -0.05) is 0 Å². The lowest BCUT2D eigenvalue weighted by Crippen LogP contribution is -2.27. The molecule has 2 rings (SSSR count). The monoisotopic (exact) mass is 209 g/mol. The number of halogens is 1. The second-order valence-corrected chi connectivity index (χ2v) is 2.92. The molecule has 0 saturated carbocycles. The zero-order chi connectivity index (χ0) is 11.0. The normalized spacial score (nSPS) is 23.9. The molecule has 1 heterocycles. The Bertz CT molecular complexity index is 476. The molecule has 0 aromatic heterocycles. The molecule has 0 radical (unpaired) electrons. The van der Waals surface area contributed by atoms with Gasteiger partial charge in [0.05, 0.1) is 10.6 Å². The van der Waals surface area contributed by atoms with Gasteiger partial charge in [0.1, 0.15) is 12.3 Å². The van der Waals surface area contributed by atoms with Crippen LogP contribution in [0.3, 0.4) is 0 Å². The quantitative estimate of drug-likeness (QED) is 0.469. The van der Waals surface area contributed by atoms with Crippen molar-refractivity contribution in [2.45, 2.75) is 0 Å². The van der Waals surface area contributed by atoms with Crippen molar-refractivity contribution in [3.8, 4) is 0 Å². The van der Waals surface area contributed by atoms with Gasteiger partial charge >= 0.3 is 5.70 Å². The molecule has 6 nitrogen and oxygen atoms in total. The molecule has 0 bridgehead atoms. The standard InChI is InChI=1S/C8H4FN3O3/c9-5-2-6-4(1-7(5)12(14)15)8(13)11-3-10-6/h1-4H. The number of nitro groups is 1. The Balaban J connectivity index is 2.48. The first kappa shape index (κ1) is 9.38. The van der Waals surface area contributed by atoms with E-state index in [1.54, 1.807) is 0 Å². The van der Waals surface area contributed by atoms with Crippen LogP contribution in [0.2, 0.25) is 0 Å². The third kappa shape index (κ3) is 1.47. The Kier molecular flexibility index (Phi) is 2.00. The first-order valence-corrected chi connectivity index (χ1v) is 3.97. The van der Waals surface area contributed by atoms with E-state index in [2.05, 4.69) is 9.98 Å². The first-order valence-electron chi connectivity index (χ1n) is 3.97. The summed E-state index contributed by atoms with van der Waals surface area (Å²) in [4.78, 5) is 27.8. The predicted octanol–water partition coefficient (Wildman–Crippen LogP) is 0.640. The molecule has 0 fully saturated rings. The number of rotatable bonds is 1. The zero-order valence-corrected chi connectivity index (χ0v) is 7.25. The summed E-state index contributed by atoms with van der Waals surface area (Å²) in [5.74, 6) is -2.52. The van der Waals surface area contributed by atoms with Crippen molar-refractivity contribution in [2.24, 2.45) is 15.9 Å². The minimum Gasteiger partial charge on any atom is -0.271 e. The highest BCUT2D eigenvalue weighted by atomic mass is 19.1. The molecular formula is C8H4FN3O3. The molecule has 1 aliphatic heterocycles. The van der Waals surface area contributed by atoms with E-state index in [-0.39, 0.29) is 5.71 Å². The molecule has 76 valence electrons. The molecule has 0 N–H and O–H groups in total. The van der Waals surface area contributed by atoms with E-state index in [4.69, 9.17) is 0 Å². The van der Waals surface area contributed by atoms with E-state index in [1.807, 2.05) is 0 Å². The summed E-state index contributed by atoms with van der Waals surface area (Å²) in [7, 11) is 0. The van der Waals surface area contributed by atoms with Gasteiger partial charge in [-0.3, -0.25) is 14.9 Å². The number of hydrogen-bond donors (Lipinski definition) is 0. The smallest absolute Gasteiger partial charge is 0.271 e. The fraction of sp³-hybridized carbons (Fsp3) is 0.125. The number of aliphatic imine (C=N–C) groups is 2. The molecule has 1 amide bonds. The van der Waals surface area contributed by atoms with Gasteiger partial charge in [-0.15, -0.1) is 0 Å². The maximum absolute atomic E-state index is 13.1. The Morgan fingerprint density at radius 3 is 2.93 bits per heavy atom. The molecule has 0 spiro atoms.